The van der Waals surface area contributed by atoms with Gasteiger partial charge in [0.1, 0.15) is 11.6 Å². The second-order valence-electron chi connectivity index (χ2n) is 3.46. The third-order valence-electron chi connectivity index (χ3n) is 2.42. The number of nitrogens with zero attached hydrogens (tertiary/aromatic N) is 2. The number of methoxy groups -OCH3 is 1. The van der Waals surface area contributed by atoms with Crippen LogP contribution in [0.25, 0.3) is 0 Å². The van der Waals surface area contributed by atoms with Crippen molar-refractivity contribution in [1.82, 2.24) is 0 Å². The molecule has 1 aromatic rings. The van der Waals surface area contributed by atoms with Crippen molar-refractivity contribution in [2.24, 2.45) is 5.73 Å². The van der Waals surface area contributed by atoms with Crippen LogP contribution in [0.5, 0.6) is 0 Å². The zero-order valence-corrected chi connectivity index (χ0v) is 9.67. The van der Waals surface area contributed by atoms with E-state index in [4.69, 9.17) is 11.0 Å². The summed E-state index contributed by atoms with van der Waals surface area (Å²) >= 11 is 0. The summed E-state index contributed by atoms with van der Waals surface area (Å²) in [5, 5.41) is 19.6. The van der Waals surface area contributed by atoms with Gasteiger partial charge in [-0.2, -0.15) is 5.26 Å². The second-order valence-corrected chi connectivity index (χ2v) is 3.46. The summed E-state index contributed by atoms with van der Waals surface area (Å²) in [5.41, 5.74) is 5.99. The maximum atomic E-state index is 11.2. The monoisotopic (exact) mass is 249 g/mol. The van der Waals surface area contributed by atoms with Gasteiger partial charge in [0, 0.05) is 12.6 Å². The van der Waals surface area contributed by atoms with Crippen LogP contribution in [-0.4, -0.2) is 18.0 Å². The van der Waals surface area contributed by atoms with E-state index in [1.165, 1.54) is 19.2 Å². The van der Waals surface area contributed by atoms with Gasteiger partial charge in [-0.25, -0.2) is 0 Å². The number of carbonyl (C=O) groups is 1. The highest BCUT2D eigenvalue weighted by atomic mass is 16.6. The molecule has 0 saturated carbocycles. The maximum Gasteiger partial charge on any atom is 0.309 e. The number of nitro groups is 1. The molecule has 7 nitrogen and oxygen atoms in total. The lowest BCUT2D eigenvalue weighted by Gasteiger charge is -2.07. The molecule has 0 aromatic heterocycles. The van der Waals surface area contributed by atoms with Crippen LogP contribution in [0.3, 0.4) is 0 Å². The van der Waals surface area contributed by atoms with Crippen LogP contribution in [0.1, 0.15) is 16.7 Å². The lowest BCUT2D eigenvalue weighted by Crippen LogP contribution is -2.10. The summed E-state index contributed by atoms with van der Waals surface area (Å²) < 4.78 is 4.50. The Balaban J connectivity index is 3.33. The molecule has 0 unspecified atom stereocenters. The summed E-state index contributed by atoms with van der Waals surface area (Å²) in [5.74, 6) is -0.524. The van der Waals surface area contributed by atoms with E-state index in [0.29, 0.717) is 11.1 Å². The van der Waals surface area contributed by atoms with Gasteiger partial charge < -0.3 is 10.5 Å². The maximum absolute atomic E-state index is 11.2. The summed E-state index contributed by atoms with van der Waals surface area (Å²) in [4.78, 5) is 21.3. The summed E-state index contributed by atoms with van der Waals surface area (Å²) in [7, 11) is 1.22. The number of hydrogen-bond donors (Lipinski definition) is 1. The highest BCUT2D eigenvalue weighted by molar-refractivity contribution is 5.73. The molecular weight excluding hydrogens is 238 g/mol. The number of nitriles is 1. The molecule has 94 valence electrons. The smallest absolute Gasteiger partial charge is 0.309 e. The highest BCUT2D eigenvalue weighted by Gasteiger charge is 2.19. The van der Waals surface area contributed by atoms with E-state index in [1.807, 2.05) is 0 Å². The minimum absolute atomic E-state index is 0.0749. The Hall–Kier alpha value is -2.46. The number of esters is 1. The van der Waals surface area contributed by atoms with Crippen molar-refractivity contribution >= 4 is 11.7 Å². The van der Waals surface area contributed by atoms with Crippen LogP contribution >= 0.6 is 0 Å². The van der Waals surface area contributed by atoms with Crippen LogP contribution in [0.15, 0.2) is 12.1 Å². The van der Waals surface area contributed by atoms with E-state index in [1.54, 1.807) is 6.07 Å². The number of rotatable bonds is 4. The SMILES string of the molecule is COC(=O)Cc1cc([N+](=O)[O-])c(C#N)cc1CN. The number of benzene rings is 1. The van der Waals surface area contributed by atoms with Crippen LogP contribution in [-0.2, 0) is 22.5 Å². The fourth-order valence-corrected chi connectivity index (χ4v) is 1.50. The highest BCUT2D eigenvalue weighted by Crippen LogP contribution is 2.23. The Kier molecular flexibility index (Phi) is 4.34. The number of nitro benzene ring substituents is 1. The lowest BCUT2D eigenvalue weighted by molar-refractivity contribution is -0.385. The van der Waals surface area contributed by atoms with Gasteiger partial charge in [-0.05, 0) is 17.2 Å². The van der Waals surface area contributed by atoms with E-state index < -0.39 is 10.9 Å². The molecule has 0 aliphatic carbocycles. The van der Waals surface area contributed by atoms with Gasteiger partial charge in [0.05, 0.1) is 18.5 Å². The predicted octanol–water partition coefficient (Wildman–Crippen LogP) is 0.641. The molecule has 0 heterocycles. The minimum Gasteiger partial charge on any atom is -0.469 e. The molecule has 0 atom stereocenters. The van der Waals surface area contributed by atoms with Crippen molar-refractivity contribution in [2.75, 3.05) is 7.11 Å². The number of ether oxygens (including phenoxy) is 1. The largest absolute Gasteiger partial charge is 0.469 e. The second kappa shape index (κ2) is 5.75. The third-order valence-corrected chi connectivity index (χ3v) is 2.42. The molecule has 0 fully saturated rings. The first-order valence-corrected chi connectivity index (χ1v) is 5.00. The van der Waals surface area contributed by atoms with Crippen molar-refractivity contribution in [1.29, 1.82) is 5.26 Å². The Morgan fingerprint density at radius 3 is 2.67 bits per heavy atom. The number of nitrogens with two attached hydrogens (primary N) is 1. The summed E-state index contributed by atoms with van der Waals surface area (Å²) in [6.45, 7) is 0.0823. The van der Waals surface area contributed by atoms with Crippen LogP contribution in [0.2, 0.25) is 0 Å². The van der Waals surface area contributed by atoms with Crippen molar-refractivity contribution in [2.45, 2.75) is 13.0 Å². The molecule has 2 N–H and O–H groups in total. The first-order chi connectivity index (χ1) is 8.53. The van der Waals surface area contributed by atoms with E-state index >= 15 is 0 Å². The topological polar surface area (TPSA) is 119 Å². The van der Waals surface area contributed by atoms with Gasteiger partial charge in [-0.3, -0.25) is 14.9 Å². The Morgan fingerprint density at radius 2 is 2.22 bits per heavy atom. The van der Waals surface area contributed by atoms with E-state index in [2.05, 4.69) is 4.74 Å². The molecule has 1 rings (SSSR count). The van der Waals surface area contributed by atoms with Crippen LogP contribution in [0, 0.1) is 21.4 Å². The Bertz CT molecular complexity index is 534. The van der Waals surface area contributed by atoms with Gasteiger partial charge in [-0.1, -0.05) is 0 Å². The zero-order chi connectivity index (χ0) is 13.7. The van der Waals surface area contributed by atoms with Gasteiger partial charge in [0.15, 0.2) is 0 Å². The molecule has 0 aliphatic rings. The fraction of sp³-hybridized carbons (Fsp3) is 0.273. The fourth-order valence-electron chi connectivity index (χ4n) is 1.50. The third kappa shape index (κ3) is 2.81. The predicted molar refractivity (Wildman–Crippen MR) is 61.4 cm³/mol. The van der Waals surface area contributed by atoms with Gasteiger partial charge >= 0.3 is 5.97 Å². The van der Waals surface area contributed by atoms with Crippen molar-refractivity contribution in [3.05, 3.63) is 38.9 Å². The molecule has 0 radical (unpaired) electrons. The van der Waals surface area contributed by atoms with Crippen molar-refractivity contribution in [3.63, 3.8) is 0 Å². The van der Waals surface area contributed by atoms with E-state index in [0.717, 1.165) is 0 Å². The van der Waals surface area contributed by atoms with Crippen molar-refractivity contribution in [3.8, 4) is 6.07 Å². The summed E-state index contributed by atoms with van der Waals surface area (Å²) in [6.07, 6.45) is -0.115. The normalized spacial score (nSPS) is 9.61. The van der Waals surface area contributed by atoms with E-state index in [9.17, 15) is 14.9 Å². The molecule has 0 spiro atoms. The zero-order valence-electron chi connectivity index (χ0n) is 9.67. The number of carbonyl (C=O) groups excluding carboxylic acids is 1. The average molecular weight is 249 g/mol. The quantitative estimate of drug-likeness (QED) is 0.475. The molecule has 0 aliphatic heterocycles. The summed E-state index contributed by atoms with van der Waals surface area (Å²) in [6, 6.07) is 4.25. The van der Waals surface area contributed by atoms with Gasteiger partial charge in [-0.15, -0.1) is 0 Å². The molecule has 0 saturated heterocycles. The standard InChI is InChI=1S/C11H11N3O4/c1-18-11(15)4-7-3-10(14(16)17)9(6-13)2-8(7)5-12/h2-3H,4-5,12H2,1H3. The molecule has 0 bridgehead atoms. The number of hydrogen-bond acceptors (Lipinski definition) is 6. The Morgan fingerprint density at radius 1 is 1.56 bits per heavy atom. The molecule has 18 heavy (non-hydrogen) atoms. The van der Waals surface area contributed by atoms with Gasteiger partial charge in [0.2, 0.25) is 0 Å². The molecule has 0 amide bonds. The van der Waals surface area contributed by atoms with Crippen molar-refractivity contribution < 1.29 is 14.5 Å². The molecule has 7 heteroatoms. The molecule has 1 aromatic carbocycles. The van der Waals surface area contributed by atoms with Crippen LogP contribution in [0.4, 0.5) is 5.69 Å². The average Bonchev–Trinajstić information content (AvgIpc) is 2.37. The molecular formula is C11H11N3O4. The first-order valence-electron chi connectivity index (χ1n) is 5.00. The van der Waals surface area contributed by atoms with Gasteiger partial charge in [0.25, 0.3) is 5.69 Å². The Labute approximate surface area is 103 Å². The van der Waals surface area contributed by atoms with Crippen LogP contribution < -0.4 is 5.73 Å². The van der Waals surface area contributed by atoms with E-state index in [-0.39, 0.29) is 24.2 Å². The minimum atomic E-state index is -0.667. The first kappa shape index (κ1) is 13.6. The lowest BCUT2D eigenvalue weighted by atomic mass is 10.00.